The van der Waals surface area contributed by atoms with Gasteiger partial charge in [-0.3, -0.25) is 0 Å². The molecule has 16 heavy (non-hydrogen) atoms. The molecule has 0 radical (unpaired) electrons. The van der Waals surface area contributed by atoms with Crippen molar-refractivity contribution in [1.29, 1.82) is 0 Å². The van der Waals surface area contributed by atoms with Gasteiger partial charge in [-0.2, -0.15) is 0 Å². The maximum atomic E-state index is 4.92. The van der Waals surface area contributed by atoms with E-state index in [4.69, 9.17) is 4.74 Å². The van der Waals surface area contributed by atoms with Crippen LogP contribution in [0.25, 0.3) is 0 Å². The average Bonchev–Trinajstić information content (AvgIpc) is 1.98. The smallest absolute Gasteiger partial charge is 0.0467 e. The van der Waals surface area contributed by atoms with Crippen LogP contribution in [0.15, 0.2) is 0 Å². The van der Waals surface area contributed by atoms with Crippen LogP contribution in [-0.2, 0) is 4.74 Å². The summed E-state index contributed by atoms with van der Waals surface area (Å²) in [6.07, 6.45) is 3.79. The molecule has 0 aromatic rings. The Kier molecular flexibility index (Phi) is 13.5. The van der Waals surface area contributed by atoms with Crippen LogP contribution in [0.2, 0.25) is 0 Å². The fraction of sp³-hybridized carbons (Fsp3) is 1.00. The summed E-state index contributed by atoms with van der Waals surface area (Å²) in [6.45, 7) is 16.6. The second-order valence-electron chi connectivity index (χ2n) is 6.61. The summed E-state index contributed by atoms with van der Waals surface area (Å²) in [5, 5.41) is 0. The molecule has 102 valence electrons. The van der Waals surface area contributed by atoms with Crippen LogP contribution in [0.5, 0.6) is 0 Å². The summed E-state index contributed by atoms with van der Waals surface area (Å²) >= 11 is 0. The van der Waals surface area contributed by atoms with Gasteiger partial charge < -0.3 is 4.74 Å². The van der Waals surface area contributed by atoms with Crippen LogP contribution in [0.1, 0.15) is 75.2 Å². The summed E-state index contributed by atoms with van der Waals surface area (Å²) in [6, 6.07) is 0. The van der Waals surface area contributed by atoms with E-state index in [0.29, 0.717) is 10.8 Å². The Balaban J connectivity index is -0.000000200. The summed E-state index contributed by atoms with van der Waals surface area (Å²) in [4.78, 5) is 0. The Labute approximate surface area is 105 Å². The first-order valence-electron chi connectivity index (χ1n) is 6.11. The quantitative estimate of drug-likeness (QED) is 0.621. The predicted octanol–water partition coefficient (Wildman–Crippen LogP) is 5.54. The van der Waals surface area contributed by atoms with Gasteiger partial charge in [0.1, 0.15) is 0 Å². The lowest BCUT2D eigenvalue weighted by atomic mass is 9.91. The molecule has 0 aliphatic carbocycles. The highest BCUT2D eigenvalue weighted by Gasteiger charge is 2.07. The Hall–Kier alpha value is -0.0400. The van der Waals surface area contributed by atoms with Crippen LogP contribution in [0, 0.1) is 10.8 Å². The molecule has 0 fully saturated rings. The van der Waals surface area contributed by atoms with Crippen molar-refractivity contribution in [2.75, 3.05) is 13.7 Å². The van der Waals surface area contributed by atoms with E-state index >= 15 is 0 Å². The predicted molar refractivity (Wildman–Crippen MR) is 77.0 cm³/mol. The second kappa shape index (κ2) is 10.1. The lowest BCUT2D eigenvalue weighted by Gasteiger charge is -2.16. The number of methoxy groups -OCH3 is 1. The number of hydrogen-bond acceptors (Lipinski definition) is 1. The summed E-state index contributed by atoms with van der Waals surface area (Å²) in [7, 11) is 1.74. The van der Waals surface area contributed by atoms with Gasteiger partial charge in [-0.25, -0.2) is 0 Å². The molecular weight excluding hydrogens is 196 g/mol. The zero-order chi connectivity index (χ0) is 12.5. The van der Waals surface area contributed by atoms with Crippen molar-refractivity contribution in [3.05, 3.63) is 0 Å². The van der Waals surface area contributed by atoms with E-state index in [9.17, 15) is 0 Å². The van der Waals surface area contributed by atoms with Crippen LogP contribution < -0.4 is 0 Å². The maximum Gasteiger partial charge on any atom is 0.0467 e. The summed E-state index contributed by atoms with van der Waals surface area (Å²) < 4.78 is 4.92. The van der Waals surface area contributed by atoms with Crippen molar-refractivity contribution >= 4 is 0 Å². The molecule has 0 N–H and O–H groups in total. The molecule has 1 nitrogen and oxygen atoms in total. The van der Waals surface area contributed by atoms with Crippen molar-refractivity contribution in [1.82, 2.24) is 0 Å². The number of ether oxygens (including phenoxy) is 1. The molecule has 0 aliphatic rings. The van der Waals surface area contributed by atoms with E-state index in [1.54, 1.807) is 7.11 Å². The number of hydrogen-bond donors (Lipinski definition) is 0. The molecule has 0 aromatic carbocycles. The van der Waals surface area contributed by atoms with Gasteiger partial charge in [0.05, 0.1) is 0 Å². The third kappa shape index (κ3) is 29.2. The van der Waals surface area contributed by atoms with Gasteiger partial charge in [-0.15, -0.1) is 0 Å². The van der Waals surface area contributed by atoms with Crippen molar-refractivity contribution in [2.24, 2.45) is 10.8 Å². The van der Waals surface area contributed by atoms with Crippen molar-refractivity contribution in [3.63, 3.8) is 0 Å². The minimum absolute atomic E-state index is 0. The Morgan fingerprint density at radius 3 is 1.25 bits per heavy atom. The molecule has 0 heterocycles. The van der Waals surface area contributed by atoms with Gasteiger partial charge in [-0.05, 0) is 23.7 Å². The van der Waals surface area contributed by atoms with Crippen LogP contribution in [0.4, 0.5) is 0 Å². The monoisotopic (exact) mass is 232 g/mol. The van der Waals surface area contributed by atoms with E-state index in [-0.39, 0.29) is 7.43 Å². The van der Waals surface area contributed by atoms with Crippen molar-refractivity contribution < 1.29 is 4.74 Å². The SMILES string of the molecule is C.CCCC(C)(C)C.COCCC(C)(C)C. The third-order valence-electron chi connectivity index (χ3n) is 2.06. The first-order valence-corrected chi connectivity index (χ1v) is 6.11. The highest BCUT2D eigenvalue weighted by molar-refractivity contribution is 4.59. The minimum atomic E-state index is 0. The molecule has 0 aliphatic heterocycles. The van der Waals surface area contributed by atoms with Crippen LogP contribution in [-0.4, -0.2) is 13.7 Å². The molecule has 0 unspecified atom stereocenters. The molecule has 0 bridgehead atoms. The zero-order valence-corrected chi connectivity index (χ0v) is 12.2. The van der Waals surface area contributed by atoms with Crippen LogP contribution in [0.3, 0.4) is 0 Å². The Morgan fingerprint density at radius 1 is 0.812 bits per heavy atom. The third-order valence-corrected chi connectivity index (χ3v) is 2.06. The Morgan fingerprint density at radius 2 is 1.19 bits per heavy atom. The first kappa shape index (κ1) is 21.3. The molecule has 0 amide bonds. The summed E-state index contributed by atoms with van der Waals surface area (Å²) in [5.74, 6) is 0. The molecule has 0 aromatic heterocycles. The molecule has 0 saturated heterocycles. The number of rotatable bonds is 3. The molecule has 1 heteroatoms. The minimum Gasteiger partial charge on any atom is -0.385 e. The fourth-order valence-corrected chi connectivity index (χ4v) is 1.16. The van der Waals surface area contributed by atoms with Crippen molar-refractivity contribution in [2.45, 2.75) is 75.2 Å². The van der Waals surface area contributed by atoms with E-state index in [1.807, 2.05) is 0 Å². The van der Waals surface area contributed by atoms with Crippen LogP contribution >= 0.6 is 0 Å². The largest absolute Gasteiger partial charge is 0.385 e. The zero-order valence-electron chi connectivity index (χ0n) is 12.2. The lowest BCUT2D eigenvalue weighted by molar-refractivity contribution is 0.159. The highest BCUT2D eigenvalue weighted by atomic mass is 16.5. The Bertz CT molecular complexity index is 125. The van der Waals surface area contributed by atoms with Gasteiger partial charge in [0.15, 0.2) is 0 Å². The van der Waals surface area contributed by atoms with Gasteiger partial charge in [-0.1, -0.05) is 62.3 Å². The molecule has 0 saturated carbocycles. The highest BCUT2D eigenvalue weighted by Crippen LogP contribution is 2.19. The molecule has 0 atom stereocenters. The molecule has 0 rings (SSSR count). The van der Waals surface area contributed by atoms with Gasteiger partial charge in [0, 0.05) is 13.7 Å². The van der Waals surface area contributed by atoms with Gasteiger partial charge in [0.25, 0.3) is 0 Å². The van der Waals surface area contributed by atoms with E-state index in [0.717, 1.165) is 13.0 Å². The van der Waals surface area contributed by atoms with E-state index < -0.39 is 0 Å². The topological polar surface area (TPSA) is 9.23 Å². The molecular formula is C15H36O. The van der Waals surface area contributed by atoms with Gasteiger partial charge >= 0.3 is 0 Å². The fourth-order valence-electron chi connectivity index (χ4n) is 1.16. The second-order valence-corrected chi connectivity index (χ2v) is 6.61. The van der Waals surface area contributed by atoms with E-state index in [1.165, 1.54) is 12.8 Å². The average molecular weight is 232 g/mol. The standard InChI is InChI=1S/C7H16O.C7H16.CH4/c1-7(2,3)5-6-8-4;1-5-6-7(2,3)4;/h5-6H2,1-4H3;5-6H2,1-4H3;1H4. The summed E-state index contributed by atoms with van der Waals surface area (Å²) in [5.41, 5.74) is 0.977. The maximum absolute atomic E-state index is 4.92. The van der Waals surface area contributed by atoms with E-state index in [2.05, 4.69) is 48.5 Å². The lowest BCUT2D eigenvalue weighted by Crippen LogP contribution is -2.07. The molecule has 0 spiro atoms. The van der Waals surface area contributed by atoms with Crippen molar-refractivity contribution in [3.8, 4) is 0 Å². The van der Waals surface area contributed by atoms with Gasteiger partial charge in [0.2, 0.25) is 0 Å². The first-order chi connectivity index (χ1) is 6.62. The normalized spacial score (nSPS) is 11.2.